The second-order valence-corrected chi connectivity index (χ2v) is 5.42. The molecule has 0 heterocycles. The lowest BCUT2D eigenvalue weighted by Gasteiger charge is -2.17. The average Bonchev–Trinajstić information content (AvgIpc) is 3.16. The number of hydrogen-bond donors (Lipinski definition) is 2. The Bertz CT molecular complexity index is 455. The summed E-state index contributed by atoms with van der Waals surface area (Å²) in [7, 11) is 1.66. The fourth-order valence-electron chi connectivity index (χ4n) is 2.13. The van der Waals surface area contributed by atoms with Gasteiger partial charge in [-0.3, -0.25) is 0 Å². The van der Waals surface area contributed by atoms with Crippen LogP contribution in [-0.2, 0) is 0 Å². The van der Waals surface area contributed by atoms with Crippen molar-refractivity contribution >= 4 is 22.9 Å². The molecule has 0 atom stereocenters. The van der Waals surface area contributed by atoms with Crippen LogP contribution in [0, 0.1) is 5.41 Å². The van der Waals surface area contributed by atoms with Gasteiger partial charge in [-0.25, -0.2) is 0 Å². The van der Waals surface area contributed by atoms with E-state index in [-0.39, 0.29) is 0 Å². The first-order valence-corrected chi connectivity index (χ1v) is 6.73. The van der Waals surface area contributed by atoms with Gasteiger partial charge >= 0.3 is 0 Å². The molecule has 0 radical (unpaired) electrons. The summed E-state index contributed by atoms with van der Waals surface area (Å²) in [6.45, 7) is 3.22. The maximum Gasteiger partial charge on any atom is 0.120 e. The van der Waals surface area contributed by atoms with Crippen molar-refractivity contribution in [3.63, 3.8) is 0 Å². The van der Waals surface area contributed by atoms with Gasteiger partial charge in [-0.1, -0.05) is 19.1 Å². The molecular formula is C14H20N2OS. The van der Waals surface area contributed by atoms with E-state index in [1.54, 1.807) is 7.11 Å². The van der Waals surface area contributed by atoms with Gasteiger partial charge in [0.25, 0.3) is 0 Å². The Morgan fingerprint density at radius 2 is 2.22 bits per heavy atom. The Morgan fingerprint density at radius 1 is 1.50 bits per heavy atom. The maximum absolute atomic E-state index is 5.74. The lowest BCUT2D eigenvalue weighted by atomic mass is 10.0. The molecule has 1 aromatic carbocycles. The van der Waals surface area contributed by atoms with Gasteiger partial charge < -0.3 is 15.8 Å². The van der Waals surface area contributed by atoms with Crippen LogP contribution in [0.1, 0.15) is 31.7 Å². The molecular weight excluding hydrogens is 244 g/mol. The van der Waals surface area contributed by atoms with Crippen molar-refractivity contribution in [2.24, 2.45) is 11.1 Å². The Morgan fingerprint density at radius 3 is 2.72 bits per heavy atom. The Labute approximate surface area is 114 Å². The predicted molar refractivity (Wildman–Crippen MR) is 79.3 cm³/mol. The minimum Gasteiger partial charge on any atom is -0.497 e. The van der Waals surface area contributed by atoms with Crippen molar-refractivity contribution in [3.8, 4) is 5.75 Å². The molecule has 0 aliphatic heterocycles. The topological polar surface area (TPSA) is 47.3 Å². The van der Waals surface area contributed by atoms with Gasteiger partial charge in [-0.05, 0) is 36.8 Å². The molecule has 0 amide bonds. The molecule has 1 aliphatic rings. The van der Waals surface area contributed by atoms with Crippen molar-refractivity contribution in [1.29, 1.82) is 0 Å². The summed E-state index contributed by atoms with van der Waals surface area (Å²) in [5, 5.41) is 3.48. The number of anilines is 1. The zero-order valence-electron chi connectivity index (χ0n) is 11.0. The first-order chi connectivity index (χ1) is 8.60. The van der Waals surface area contributed by atoms with Crippen LogP contribution in [0.4, 0.5) is 5.69 Å². The van der Waals surface area contributed by atoms with E-state index < -0.39 is 0 Å². The number of hydrogen-bond acceptors (Lipinski definition) is 3. The minimum atomic E-state index is 0.418. The number of nitrogens with one attached hydrogen (secondary N) is 1. The standard InChI is InChI=1S/C14H20N2OS/c1-3-14(6-7-14)9-16-12-8-10(17-2)4-5-11(12)13(15)18/h4-5,8,16H,3,6-7,9H2,1-2H3,(H2,15,18). The van der Waals surface area contributed by atoms with Crippen LogP contribution >= 0.6 is 12.2 Å². The summed E-state index contributed by atoms with van der Waals surface area (Å²) in [5.74, 6) is 0.818. The summed E-state index contributed by atoms with van der Waals surface area (Å²) in [5.41, 5.74) is 8.09. The SMILES string of the molecule is CCC1(CNc2cc(OC)ccc2C(N)=S)CC1. The van der Waals surface area contributed by atoms with Crippen LogP contribution in [0.15, 0.2) is 18.2 Å². The highest BCUT2D eigenvalue weighted by Gasteiger charge is 2.40. The van der Waals surface area contributed by atoms with E-state index in [1.165, 1.54) is 19.3 Å². The van der Waals surface area contributed by atoms with Gasteiger partial charge in [0.05, 0.1) is 7.11 Å². The maximum atomic E-state index is 5.74. The molecule has 0 spiro atoms. The third-order valence-electron chi connectivity index (χ3n) is 3.85. The summed E-state index contributed by atoms with van der Waals surface area (Å²) in [6.07, 6.45) is 3.83. The van der Waals surface area contributed by atoms with Crippen LogP contribution in [0.2, 0.25) is 0 Å². The minimum absolute atomic E-state index is 0.418. The molecule has 0 unspecified atom stereocenters. The highest BCUT2D eigenvalue weighted by molar-refractivity contribution is 7.80. The number of benzene rings is 1. The van der Waals surface area contributed by atoms with Crippen molar-refractivity contribution < 1.29 is 4.74 Å². The third kappa shape index (κ3) is 2.75. The van der Waals surface area contributed by atoms with E-state index in [4.69, 9.17) is 22.7 Å². The molecule has 1 fully saturated rings. The van der Waals surface area contributed by atoms with E-state index in [0.717, 1.165) is 23.5 Å². The van der Waals surface area contributed by atoms with Crippen LogP contribution < -0.4 is 15.8 Å². The third-order valence-corrected chi connectivity index (χ3v) is 4.07. The van der Waals surface area contributed by atoms with Crippen LogP contribution in [0.5, 0.6) is 5.75 Å². The molecule has 1 saturated carbocycles. The van der Waals surface area contributed by atoms with E-state index in [0.29, 0.717) is 10.4 Å². The molecule has 1 aliphatic carbocycles. The number of rotatable bonds is 6. The molecule has 18 heavy (non-hydrogen) atoms. The van der Waals surface area contributed by atoms with Crippen LogP contribution in [0.3, 0.4) is 0 Å². The van der Waals surface area contributed by atoms with Gasteiger partial charge in [0.15, 0.2) is 0 Å². The largest absolute Gasteiger partial charge is 0.497 e. The Hall–Kier alpha value is -1.29. The highest BCUT2D eigenvalue weighted by Crippen LogP contribution is 2.48. The molecule has 98 valence electrons. The van der Waals surface area contributed by atoms with Crippen LogP contribution in [-0.4, -0.2) is 18.6 Å². The summed E-state index contributed by atoms with van der Waals surface area (Å²) < 4.78 is 5.24. The first kappa shape index (κ1) is 13.1. The van der Waals surface area contributed by atoms with Crippen molar-refractivity contribution in [1.82, 2.24) is 0 Å². The van der Waals surface area contributed by atoms with E-state index >= 15 is 0 Å². The lowest BCUT2D eigenvalue weighted by Crippen LogP contribution is -2.18. The molecule has 0 bridgehead atoms. The Kier molecular flexibility index (Phi) is 3.76. The summed E-state index contributed by atoms with van der Waals surface area (Å²) in [6, 6.07) is 5.75. The highest BCUT2D eigenvalue weighted by atomic mass is 32.1. The molecule has 2 rings (SSSR count). The van der Waals surface area contributed by atoms with Crippen molar-refractivity contribution in [2.45, 2.75) is 26.2 Å². The number of methoxy groups -OCH3 is 1. The summed E-state index contributed by atoms with van der Waals surface area (Å²) in [4.78, 5) is 0.418. The van der Waals surface area contributed by atoms with E-state index in [2.05, 4.69) is 12.2 Å². The molecule has 3 N–H and O–H groups in total. The fourth-order valence-corrected chi connectivity index (χ4v) is 2.30. The zero-order chi connectivity index (χ0) is 13.2. The second-order valence-electron chi connectivity index (χ2n) is 4.98. The number of thiocarbonyl (C=S) groups is 1. The Balaban J connectivity index is 2.16. The number of ether oxygens (including phenoxy) is 1. The van der Waals surface area contributed by atoms with Gasteiger partial charge in [0.2, 0.25) is 0 Å². The summed E-state index contributed by atoms with van der Waals surface area (Å²) >= 11 is 5.08. The fraction of sp³-hybridized carbons (Fsp3) is 0.500. The lowest BCUT2D eigenvalue weighted by molar-refractivity contribution is 0.415. The number of nitrogens with two attached hydrogens (primary N) is 1. The molecule has 3 nitrogen and oxygen atoms in total. The first-order valence-electron chi connectivity index (χ1n) is 6.32. The van der Waals surface area contributed by atoms with Gasteiger partial charge in [-0.2, -0.15) is 0 Å². The molecule has 0 saturated heterocycles. The quantitative estimate of drug-likeness (QED) is 0.776. The van der Waals surface area contributed by atoms with E-state index in [9.17, 15) is 0 Å². The van der Waals surface area contributed by atoms with Crippen molar-refractivity contribution in [2.75, 3.05) is 19.0 Å². The smallest absolute Gasteiger partial charge is 0.120 e. The predicted octanol–water partition coefficient (Wildman–Crippen LogP) is 2.93. The van der Waals surface area contributed by atoms with Crippen molar-refractivity contribution in [3.05, 3.63) is 23.8 Å². The zero-order valence-corrected chi connectivity index (χ0v) is 11.8. The molecule has 4 heteroatoms. The van der Waals surface area contributed by atoms with Gasteiger partial charge in [0, 0.05) is 23.9 Å². The molecule has 0 aromatic heterocycles. The van der Waals surface area contributed by atoms with Gasteiger partial charge in [0.1, 0.15) is 10.7 Å². The second kappa shape index (κ2) is 5.14. The molecule has 1 aromatic rings. The van der Waals surface area contributed by atoms with Gasteiger partial charge in [-0.15, -0.1) is 0 Å². The van der Waals surface area contributed by atoms with E-state index in [1.807, 2.05) is 18.2 Å². The normalized spacial score (nSPS) is 16.1. The van der Waals surface area contributed by atoms with Crippen LogP contribution in [0.25, 0.3) is 0 Å². The monoisotopic (exact) mass is 264 g/mol. The average molecular weight is 264 g/mol.